The number of ether oxygens (including phenoxy) is 1. The summed E-state index contributed by atoms with van der Waals surface area (Å²) in [4.78, 5) is 19.0. The summed E-state index contributed by atoms with van der Waals surface area (Å²) in [5.74, 6) is 0.976. The molecule has 2 saturated heterocycles. The van der Waals surface area contributed by atoms with Gasteiger partial charge in [-0.2, -0.15) is 0 Å². The van der Waals surface area contributed by atoms with Crippen molar-refractivity contribution >= 4 is 5.91 Å². The molecule has 1 unspecified atom stereocenters. The Bertz CT molecular complexity index is 356. The van der Waals surface area contributed by atoms with Gasteiger partial charge in [0.25, 0.3) is 0 Å². The maximum absolute atomic E-state index is 11.9. The van der Waals surface area contributed by atoms with Crippen LogP contribution in [0.2, 0.25) is 0 Å². The number of piperidine rings is 1. The Balaban J connectivity index is 1.58. The molecule has 2 fully saturated rings. The Morgan fingerprint density at radius 3 is 2.70 bits per heavy atom. The van der Waals surface area contributed by atoms with E-state index in [9.17, 15) is 4.79 Å². The molecule has 1 amide bonds. The van der Waals surface area contributed by atoms with Crippen molar-refractivity contribution in [1.29, 1.82) is 0 Å². The number of rotatable bonds is 8. The fourth-order valence-electron chi connectivity index (χ4n) is 3.66. The van der Waals surface area contributed by atoms with Crippen molar-refractivity contribution in [2.24, 2.45) is 5.92 Å². The summed E-state index contributed by atoms with van der Waals surface area (Å²) < 4.78 is 5.38. The van der Waals surface area contributed by atoms with Gasteiger partial charge in [-0.25, -0.2) is 0 Å². The van der Waals surface area contributed by atoms with Crippen LogP contribution < -0.4 is 0 Å². The number of carbonyl (C=O) groups excluding carboxylic acids is 1. The lowest BCUT2D eigenvalue weighted by Gasteiger charge is -2.37. The standard InChI is InChI=1S/C18H35N3O2/c1-16(2)21-15-17(6-7-18(21)22)14-19(3)8-4-5-9-20-10-12-23-13-11-20/h16-17H,4-15H2,1-3H3. The number of unbranched alkanes of at least 4 members (excludes halogenated alkanes) is 1. The lowest BCUT2D eigenvalue weighted by molar-refractivity contribution is -0.136. The molecule has 0 aromatic rings. The fourth-order valence-corrected chi connectivity index (χ4v) is 3.66. The Morgan fingerprint density at radius 2 is 2.00 bits per heavy atom. The van der Waals surface area contributed by atoms with E-state index >= 15 is 0 Å². The van der Waals surface area contributed by atoms with E-state index in [-0.39, 0.29) is 0 Å². The van der Waals surface area contributed by atoms with E-state index in [4.69, 9.17) is 4.74 Å². The molecular formula is C18H35N3O2. The largest absolute Gasteiger partial charge is 0.379 e. The zero-order valence-corrected chi connectivity index (χ0v) is 15.3. The molecule has 2 aliphatic rings. The molecule has 1 atom stereocenters. The first-order valence-corrected chi connectivity index (χ1v) is 9.34. The van der Waals surface area contributed by atoms with Gasteiger partial charge in [-0.1, -0.05) is 0 Å². The van der Waals surface area contributed by atoms with Gasteiger partial charge in [0.15, 0.2) is 0 Å². The van der Waals surface area contributed by atoms with E-state index in [1.807, 2.05) is 0 Å². The van der Waals surface area contributed by atoms with Crippen molar-refractivity contribution in [3.05, 3.63) is 0 Å². The van der Waals surface area contributed by atoms with E-state index in [0.29, 0.717) is 17.9 Å². The van der Waals surface area contributed by atoms with Crippen molar-refractivity contribution in [3.8, 4) is 0 Å². The zero-order chi connectivity index (χ0) is 16.7. The molecule has 0 N–H and O–H groups in total. The summed E-state index contributed by atoms with van der Waals surface area (Å²) in [7, 11) is 2.23. The third-order valence-corrected chi connectivity index (χ3v) is 5.10. The SMILES string of the molecule is CC(C)N1CC(CN(C)CCCCN2CCOCC2)CCC1=O. The average Bonchev–Trinajstić information content (AvgIpc) is 2.54. The maximum Gasteiger partial charge on any atom is 0.222 e. The Hall–Kier alpha value is -0.650. The van der Waals surface area contributed by atoms with Crippen LogP contribution in [0.3, 0.4) is 0 Å². The van der Waals surface area contributed by atoms with E-state index in [0.717, 1.165) is 58.8 Å². The predicted octanol–water partition coefficient (Wildman–Crippen LogP) is 1.68. The molecule has 5 nitrogen and oxygen atoms in total. The van der Waals surface area contributed by atoms with Crippen LogP contribution >= 0.6 is 0 Å². The van der Waals surface area contributed by atoms with E-state index < -0.39 is 0 Å². The van der Waals surface area contributed by atoms with Gasteiger partial charge in [0.2, 0.25) is 5.91 Å². The molecule has 134 valence electrons. The summed E-state index contributed by atoms with van der Waals surface area (Å²) in [6.45, 7) is 12.6. The summed E-state index contributed by atoms with van der Waals surface area (Å²) in [6.07, 6.45) is 4.31. The van der Waals surface area contributed by atoms with E-state index in [1.54, 1.807) is 0 Å². The number of hydrogen-bond acceptors (Lipinski definition) is 4. The van der Waals surface area contributed by atoms with Crippen LogP contribution in [0.15, 0.2) is 0 Å². The first-order valence-electron chi connectivity index (χ1n) is 9.34. The van der Waals surface area contributed by atoms with Gasteiger partial charge in [-0.3, -0.25) is 9.69 Å². The van der Waals surface area contributed by atoms with Crippen molar-refractivity contribution in [1.82, 2.24) is 14.7 Å². The number of amides is 1. The average molecular weight is 325 g/mol. The molecular weight excluding hydrogens is 290 g/mol. The van der Waals surface area contributed by atoms with Gasteiger partial charge in [-0.05, 0) is 59.2 Å². The molecule has 0 bridgehead atoms. The molecule has 0 aromatic heterocycles. The van der Waals surface area contributed by atoms with Crippen molar-refractivity contribution in [3.63, 3.8) is 0 Å². The van der Waals surface area contributed by atoms with Crippen LogP contribution in [0.5, 0.6) is 0 Å². The second-order valence-corrected chi connectivity index (χ2v) is 7.47. The lowest BCUT2D eigenvalue weighted by atomic mass is 9.96. The number of hydrogen-bond donors (Lipinski definition) is 0. The molecule has 2 aliphatic heterocycles. The highest BCUT2D eigenvalue weighted by Gasteiger charge is 2.27. The third-order valence-electron chi connectivity index (χ3n) is 5.10. The minimum atomic E-state index is 0.337. The normalized spacial score (nSPS) is 24.0. The Labute approximate surface area is 141 Å². The van der Waals surface area contributed by atoms with Crippen LogP contribution in [0.25, 0.3) is 0 Å². The van der Waals surface area contributed by atoms with Gasteiger partial charge in [0, 0.05) is 38.6 Å². The summed E-state index contributed by atoms with van der Waals surface area (Å²) in [5.41, 5.74) is 0. The number of morpholine rings is 1. The highest BCUT2D eigenvalue weighted by Crippen LogP contribution is 2.20. The van der Waals surface area contributed by atoms with Gasteiger partial charge in [-0.15, -0.1) is 0 Å². The van der Waals surface area contributed by atoms with Crippen LogP contribution in [0, 0.1) is 5.92 Å². The first kappa shape index (κ1) is 18.7. The Kier molecular flexibility index (Phi) is 7.80. The van der Waals surface area contributed by atoms with Gasteiger partial charge in [0.1, 0.15) is 0 Å². The highest BCUT2D eigenvalue weighted by molar-refractivity contribution is 5.77. The predicted molar refractivity (Wildman–Crippen MR) is 93.6 cm³/mol. The quantitative estimate of drug-likeness (QED) is 0.636. The molecule has 0 aromatic carbocycles. The molecule has 2 heterocycles. The number of likely N-dealkylation sites (tertiary alicyclic amines) is 1. The molecule has 0 aliphatic carbocycles. The van der Waals surface area contributed by atoms with Crippen molar-refractivity contribution in [2.75, 3.05) is 59.5 Å². The van der Waals surface area contributed by atoms with E-state index in [2.05, 4.69) is 35.6 Å². The molecule has 2 rings (SSSR count). The van der Waals surface area contributed by atoms with Crippen molar-refractivity contribution in [2.45, 2.75) is 45.6 Å². The molecule has 0 radical (unpaired) electrons. The molecule has 23 heavy (non-hydrogen) atoms. The van der Waals surface area contributed by atoms with Gasteiger partial charge < -0.3 is 14.5 Å². The summed E-state index contributed by atoms with van der Waals surface area (Å²) >= 11 is 0. The minimum absolute atomic E-state index is 0.337. The van der Waals surface area contributed by atoms with E-state index in [1.165, 1.54) is 19.4 Å². The third kappa shape index (κ3) is 6.40. The lowest BCUT2D eigenvalue weighted by Crippen LogP contribution is -2.46. The van der Waals surface area contributed by atoms with Gasteiger partial charge >= 0.3 is 0 Å². The topological polar surface area (TPSA) is 36.0 Å². The molecule has 0 saturated carbocycles. The minimum Gasteiger partial charge on any atom is -0.379 e. The second kappa shape index (κ2) is 9.60. The first-order chi connectivity index (χ1) is 11.1. The number of carbonyl (C=O) groups is 1. The fraction of sp³-hybridized carbons (Fsp3) is 0.944. The van der Waals surface area contributed by atoms with Crippen LogP contribution in [-0.2, 0) is 9.53 Å². The molecule has 5 heteroatoms. The van der Waals surface area contributed by atoms with Crippen LogP contribution in [0.1, 0.15) is 39.5 Å². The highest BCUT2D eigenvalue weighted by atomic mass is 16.5. The maximum atomic E-state index is 11.9. The summed E-state index contributed by atoms with van der Waals surface area (Å²) in [6, 6.07) is 0.337. The Morgan fingerprint density at radius 1 is 1.26 bits per heavy atom. The zero-order valence-electron chi connectivity index (χ0n) is 15.3. The number of nitrogens with zero attached hydrogens (tertiary/aromatic N) is 3. The van der Waals surface area contributed by atoms with Gasteiger partial charge in [0.05, 0.1) is 13.2 Å². The molecule has 0 spiro atoms. The monoisotopic (exact) mass is 325 g/mol. The smallest absolute Gasteiger partial charge is 0.222 e. The summed E-state index contributed by atoms with van der Waals surface area (Å²) in [5, 5.41) is 0. The van der Waals surface area contributed by atoms with Crippen LogP contribution in [0.4, 0.5) is 0 Å². The van der Waals surface area contributed by atoms with Crippen LogP contribution in [-0.4, -0.2) is 86.2 Å². The van der Waals surface area contributed by atoms with Crippen molar-refractivity contribution < 1.29 is 9.53 Å². The second-order valence-electron chi connectivity index (χ2n) is 7.47.